The summed E-state index contributed by atoms with van der Waals surface area (Å²) < 4.78 is 29.3. The van der Waals surface area contributed by atoms with Crippen molar-refractivity contribution in [3.8, 4) is 0 Å². The van der Waals surface area contributed by atoms with E-state index in [-0.39, 0.29) is 43.6 Å². The van der Waals surface area contributed by atoms with Crippen LogP contribution >= 0.6 is 0 Å². The standard InChI is InChI=1S/C45H63N3O12/c1-24(50)34(39(52)46-28(22-49)12-14-33(51)59-42(2,3)4)47-41(54)45-20-31-35-36(56-23-55-35)38(45)60-48(37(45)40(53)57-31)21-26-10-8-9-25(17-26)18-27-11-13-32-44(7,58-32)16-15-30-29(27)19-43(30,5)6/h8-10,17-18,24,28-32,34-38,49-50H,11-16,19-23H2,1-7H3,(H,46,52)(H,47,54). The largest absolute Gasteiger partial charge is 0.460 e. The summed E-state index contributed by atoms with van der Waals surface area (Å²) >= 11 is 0. The van der Waals surface area contributed by atoms with Gasteiger partial charge in [-0.15, -0.1) is 0 Å². The van der Waals surface area contributed by atoms with Crippen molar-refractivity contribution in [3.63, 3.8) is 0 Å². The van der Waals surface area contributed by atoms with Crippen LogP contribution in [0.4, 0.5) is 0 Å². The molecule has 330 valence electrons. The van der Waals surface area contributed by atoms with Crippen molar-refractivity contribution in [1.82, 2.24) is 15.7 Å². The SMILES string of the molecule is CC(O)C(NC(=O)C12CC3OC(=O)C1N(Cc1cccc(C=C4CCC5OC5(C)CCC5C4CC5(C)C)c1)OC2C1OCOC31)C(=O)NC(CO)CCC(=O)OC(C)(C)C. The third-order valence-electron chi connectivity index (χ3n) is 14.3. The monoisotopic (exact) mass is 837 g/mol. The molecule has 0 radical (unpaired) electrons. The molecule has 8 rings (SSSR count). The Bertz CT molecular complexity index is 1880. The van der Waals surface area contributed by atoms with E-state index in [1.807, 2.05) is 12.1 Å². The van der Waals surface area contributed by atoms with E-state index in [1.165, 1.54) is 17.6 Å². The molecule has 4 saturated heterocycles. The lowest BCUT2D eigenvalue weighted by Gasteiger charge is -2.53. The first kappa shape index (κ1) is 43.2. The molecule has 3 aliphatic carbocycles. The molecule has 15 heteroatoms. The number of benzene rings is 1. The number of nitrogens with one attached hydrogen (secondary N) is 2. The maximum atomic E-state index is 14.8. The summed E-state index contributed by atoms with van der Waals surface area (Å²) in [6, 6.07) is 4.59. The fourth-order valence-electron chi connectivity index (χ4n) is 11.1. The highest BCUT2D eigenvalue weighted by molar-refractivity contribution is 5.96. The molecule has 1 aromatic rings. The molecule has 1 aromatic carbocycles. The number of esters is 2. The second-order valence-electron chi connectivity index (χ2n) is 20.2. The molecule has 0 aromatic heterocycles. The summed E-state index contributed by atoms with van der Waals surface area (Å²) in [6.07, 6.45) is 3.49. The van der Waals surface area contributed by atoms with Crippen molar-refractivity contribution < 1.29 is 57.9 Å². The van der Waals surface area contributed by atoms with Gasteiger partial charge in [0.25, 0.3) is 0 Å². The smallest absolute Gasteiger partial charge is 0.327 e. The summed E-state index contributed by atoms with van der Waals surface area (Å²) in [5.74, 6) is -1.48. The molecular formula is C45H63N3O12. The van der Waals surface area contributed by atoms with Gasteiger partial charge >= 0.3 is 11.9 Å². The van der Waals surface area contributed by atoms with Crippen LogP contribution in [0, 0.1) is 22.7 Å². The van der Waals surface area contributed by atoms with E-state index in [0.29, 0.717) is 17.9 Å². The Kier molecular flexibility index (Phi) is 11.5. The maximum Gasteiger partial charge on any atom is 0.327 e. The van der Waals surface area contributed by atoms with Crippen molar-refractivity contribution in [3.05, 3.63) is 41.0 Å². The highest BCUT2D eigenvalue weighted by Crippen LogP contribution is 2.60. The van der Waals surface area contributed by atoms with Crippen LogP contribution in [0.5, 0.6) is 0 Å². The number of aliphatic hydroxyl groups excluding tert-OH is 2. The van der Waals surface area contributed by atoms with Gasteiger partial charge in [-0.2, -0.15) is 5.06 Å². The molecule has 7 aliphatic rings. The average molecular weight is 838 g/mol. The second kappa shape index (κ2) is 16.0. The lowest BCUT2D eigenvalue weighted by Crippen LogP contribution is -2.71. The number of epoxide rings is 1. The summed E-state index contributed by atoms with van der Waals surface area (Å²) in [6.45, 7) is 13.2. The minimum absolute atomic E-state index is 0.000170. The Balaban J connectivity index is 1.02. The van der Waals surface area contributed by atoms with Gasteiger partial charge in [-0.3, -0.25) is 24.0 Å². The van der Waals surface area contributed by atoms with Crippen LogP contribution < -0.4 is 10.6 Å². The Morgan fingerprint density at radius 1 is 1.08 bits per heavy atom. The number of hydroxylamine groups is 2. The Labute approximate surface area is 352 Å². The first-order valence-corrected chi connectivity index (χ1v) is 21.8. The summed E-state index contributed by atoms with van der Waals surface area (Å²) in [7, 11) is 0. The fourth-order valence-corrected chi connectivity index (χ4v) is 11.1. The van der Waals surface area contributed by atoms with E-state index in [1.54, 1.807) is 20.8 Å². The van der Waals surface area contributed by atoms with E-state index >= 15 is 0 Å². The molecule has 2 bridgehead atoms. The molecule has 13 unspecified atom stereocenters. The van der Waals surface area contributed by atoms with Gasteiger partial charge in [0.2, 0.25) is 11.8 Å². The van der Waals surface area contributed by atoms with Gasteiger partial charge in [-0.25, -0.2) is 0 Å². The van der Waals surface area contributed by atoms with Crippen molar-refractivity contribution >= 4 is 29.8 Å². The van der Waals surface area contributed by atoms with Crippen LogP contribution in [-0.4, -0.2) is 118 Å². The number of amides is 2. The molecule has 4 heterocycles. The zero-order valence-corrected chi connectivity index (χ0v) is 35.9. The zero-order valence-electron chi connectivity index (χ0n) is 35.9. The molecular weight excluding hydrogens is 775 g/mol. The van der Waals surface area contributed by atoms with Crippen LogP contribution in [0.2, 0.25) is 0 Å². The number of carbonyl (C=O) groups is 4. The second-order valence-corrected chi connectivity index (χ2v) is 20.2. The molecule has 4 N–H and O–H groups in total. The molecule has 7 fully saturated rings. The zero-order chi connectivity index (χ0) is 42.9. The van der Waals surface area contributed by atoms with Gasteiger partial charge < -0.3 is 44.5 Å². The lowest BCUT2D eigenvalue weighted by atomic mass is 9.52. The van der Waals surface area contributed by atoms with Gasteiger partial charge in [-0.1, -0.05) is 49.8 Å². The lowest BCUT2D eigenvalue weighted by molar-refractivity contribution is -0.201. The number of carbonyl (C=O) groups excluding carboxylic acids is 4. The Morgan fingerprint density at radius 3 is 2.57 bits per heavy atom. The molecule has 3 saturated carbocycles. The highest BCUT2D eigenvalue weighted by atomic mass is 16.8. The number of hydrogen-bond donors (Lipinski definition) is 4. The first-order valence-electron chi connectivity index (χ1n) is 21.8. The number of ether oxygens (including phenoxy) is 5. The molecule has 2 amide bonds. The van der Waals surface area contributed by atoms with Crippen molar-refractivity contribution in [1.29, 1.82) is 0 Å². The van der Waals surface area contributed by atoms with Crippen LogP contribution in [0.3, 0.4) is 0 Å². The minimum atomic E-state index is -1.57. The predicted molar refractivity (Wildman–Crippen MR) is 215 cm³/mol. The molecule has 13 atom stereocenters. The summed E-state index contributed by atoms with van der Waals surface area (Å²) in [5.41, 5.74) is 1.38. The summed E-state index contributed by atoms with van der Waals surface area (Å²) in [5, 5.41) is 27.8. The fraction of sp³-hybridized carbons (Fsp3) is 0.733. The van der Waals surface area contributed by atoms with Crippen LogP contribution in [0.25, 0.3) is 6.08 Å². The van der Waals surface area contributed by atoms with E-state index in [2.05, 4.69) is 49.6 Å². The van der Waals surface area contributed by atoms with Crippen LogP contribution in [0.1, 0.15) is 111 Å². The van der Waals surface area contributed by atoms with Gasteiger partial charge in [0, 0.05) is 12.8 Å². The maximum absolute atomic E-state index is 14.8. The van der Waals surface area contributed by atoms with Crippen molar-refractivity contribution in [2.24, 2.45) is 22.7 Å². The normalized spacial score (nSPS) is 37.4. The number of hydrogen-bond acceptors (Lipinski definition) is 13. The van der Waals surface area contributed by atoms with E-state index in [4.69, 9.17) is 28.5 Å². The average Bonchev–Trinajstić information content (AvgIpc) is 3.45. The van der Waals surface area contributed by atoms with Crippen LogP contribution in [0.15, 0.2) is 29.8 Å². The van der Waals surface area contributed by atoms with E-state index < -0.39 is 90.0 Å². The number of nitrogens with zero attached hydrogens (tertiary/aromatic N) is 1. The number of fused-ring (bicyclic) bond motifs is 6. The summed E-state index contributed by atoms with van der Waals surface area (Å²) in [4.78, 5) is 61.5. The number of rotatable bonds is 12. The molecule has 0 spiro atoms. The number of allylic oxidation sites excluding steroid dienone is 1. The van der Waals surface area contributed by atoms with Gasteiger partial charge in [-0.05, 0) is 102 Å². The van der Waals surface area contributed by atoms with E-state index in [9.17, 15) is 29.4 Å². The third kappa shape index (κ3) is 8.15. The molecule has 15 nitrogen and oxygen atoms in total. The van der Waals surface area contributed by atoms with Gasteiger partial charge in [0.15, 0.2) is 6.04 Å². The van der Waals surface area contributed by atoms with Gasteiger partial charge in [0.1, 0.15) is 48.3 Å². The number of aliphatic hydroxyl groups is 2. The van der Waals surface area contributed by atoms with Crippen LogP contribution in [-0.2, 0) is 54.2 Å². The van der Waals surface area contributed by atoms with Gasteiger partial charge in [0.05, 0.1) is 37.0 Å². The minimum Gasteiger partial charge on any atom is -0.460 e. The predicted octanol–water partition coefficient (Wildman–Crippen LogP) is 3.47. The highest BCUT2D eigenvalue weighted by Gasteiger charge is 2.75. The molecule has 60 heavy (non-hydrogen) atoms. The van der Waals surface area contributed by atoms with E-state index in [0.717, 1.165) is 43.2 Å². The first-order chi connectivity index (χ1) is 28.3. The Morgan fingerprint density at radius 2 is 1.85 bits per heavy atom. The van der Waals surface area contributed by atoms with Crippen molar-refractivity contribution in [2.75, 3.05) is 13.4 Å². The quantitative estimate of drug-likeness (QED) is 0.177. The topological polar surface area (TPSA) is 195 Å². The molecule has 4 aliphatic heterocycles. The van der Waals surface area contributed by atoms with Crippen molar-refractivity contribution in [2.45, 2.75) is 172 Å². The Hall–Kier alpha value is -3.44. The third-order valence-corrected chi connectivity index (χ3v) is 14.3.